The number of carboxylic acid groups (broad SMARTS) is 1. The van der Waals surface area contributed by atoms with Crippen LogP contribution in [-0.2, 0) is 0 Å². The second-order valence-corrected chi connectivity index (χ2v) is 4.47. The highest BCUT2D eigenvalue weighted by molar-refractivity contribution is 9.10. The number of carboxylic acids is 1. The van der Waals surface area contributed by atoms with Crippen molar-refractivity contribution in [2.75, 3.05) is 0 Å². The summed E-state index contributed by atoms with van der Waals surface area (Å²) in [7, 11) is 0. The summed E-state index contributed by atoms with van der Waals surface area (Å²) < 4.78 is 1.48. The highest BCUT2D eigenvalue weighted by atomic mass is 79.9. The van der Waals surface area contributed by atoms with E-state index in [-0.39, 0.29) is 11.3 Å². The van der Waals surface area contributed by atoms with E-state index < -0.39 is 22.3 Å². The van der Waals surface area contributed by atoms with E-state index in [4.69, 9.17) is 10.4 Å². The van der Waals surface area contributed by atoms with Gasteiger partial charge in [0, 0.05) is 4.47 Å². The Kier molecular flexibility index (Phi) is 3.49. The van der Waals surface area contributed by atoms with Crippen LogP contribution >= 0.6 is 15.9 Å². The molecule has 1 N–H and O–H groups in total. The van der Waals surface area contributed by atoms with Gasteiger partial charge in [-0.05, 0) is 28.1 Å². The summed E-state index contributed by atoms with van der Waals surface area (Å²) in [5.41, 5.74) is -0.875. The Balaban J connectivity index is 2.70. The Labute approximate surface area is 120 Å². The number of halogens is 1. The molecule has 0 aliphatic carbocycles. The van der Waals surface area contributed by atoms with Crippen LogP contribution in [0.15, 0.2) is 28.9 Å². The van der Waals surface area contributed by atoms with Crippen molar-refractivity contribution in [3.63, 3.8) is 0 Å². The summed E-state index contributed by atoms with van der Waals surface area (Å²) >= 11 is 3.17. The van der Waals surface area contributed by atoms with Gasteiger partial charge in [0.25, 0.3) is 0 Å². The van der Waals surface area contributed by atoms with Crippen molar-refractivity contribution in [1.82, 2.24) is 9.78 Å². The van der Waals surface area contributed by atoms with E-state index in [1.54, 1.807) is 12.1 Å². The molecule has 100 valence electrons. The minimum atomic E-state index is -1.51. The number of nitriles is 1. The zero-order valence-corrected chi connectivity index (χ0v) is 11.2. The monoisotopic (exact) mass is 336 g/mol. The normalized spacial score (nSPS) is 10.0. The molecule has 1 aromatic heterocycles. The zero-order valence-electron chi connectivity index (χ0n) is 9.65. The Bertz CT molecular complexity index is 731. The molecule has 0 aliphatic rings. The van der Waals surface area contributed by atoms with Gasteiger partial charge in [-0.3, -0.25) is 10.1 Å². The summed E-state index contributed by atoms with van der Waals surface area (Å²) in [6.45, 7) is 0. The van der Waals surface area contributed by atoms with Crippen molar-refractivity contribution in [2.45, 2.75) is 0 Å². The second kappa shape index (κ2) is 5.10. The van der Waals surface area contributed by atoms with Gasteiger partial charge in [-0.2, -0.15) is 10.4 Å². The highest BCUT2D eigenvalue weighted by Crippen LogP contribution is 2.25. The number of aromatic nitrogens is 2. The van der Waals surface area contributed by atoms with Crippen LogP contribution in [-0.4, -0.2) is 25.8 Å². The summed E-state index contributed by atoms with van der Waals surface area (Å²) in [5, 5.41) is 32.4. The molecule has 2 aromatic rings. The molecular weight excluding hydrogens is 332 g/mol. The van der Waals surface area contributed by atoms with Gasteiger partial charge in [0.1, 0.15) is 12.3 Å². The molecule has 0 aliphatic heterocycles. The fraction of sp³-hybridized carbons (Fsp3) is 0. The van der Waals surface area contributed by atoms with Crippen LogP contribution in [0.5, 0.6) is 0 Å². The van der Waals surface area contributed by atoms with Gasteiger partial charge in [-0.1, -0.05) is 6.07 Å². The maximum atomic E-state index is 10.9. The van der Waals surface area contributed by atoms with Crippen molar-refractivity contribution in [3.8, 4) is 11.8 Å². The molecule has 0 saturated carbocycles. The van der Waals surface area contributed by atoms with E-state index in [0.717, 1.165) is 10.9 Å². The first-order chi connectivity index (χ1) is 9.45. The van der Waals surface area contributed by atoms with Crippen molar-refractivity contribution in [2.24, 2.45) is 0 Å². The van der Waals surface area contributed by atoms with Crippen LogP contribution in [0.2, 0.25) is 0 Å². The topological polar surface area (TPSA) is 122 Å². The first kappa shape index (κ1) is 13.7. The van der Waals surface area contributed by atoms with Gasteiger partial charge in [0.05, 0.1) is 16.2 Å². The summed E-state index contributed by atoms with van der Waals surface area (Å²) in [5.74, 6) is -1.51. The lowest BCUT2D eigenvalue weighted by Gasteiger charge is -2.04. The number of hydrogen-bond acceptors (Lipinski definition) is 5. The van der Waals surface area contributed by atoms with Crippen molar-refractivity contribution >= 4 is 27.6 Å². The van der Waals surface area contributed by atoms with Gasteiger partial charge in [0.2, 0.25) is 5.69 Å². The average molecular weight is 337 g/mol. The van der Waals surface area contributed by atoms with Crippen molar-refractivity contribution < 1.29 is 14.8 Å². The molecule has 0 fully saturated rings. The molecule has 2 rings (SSSR count). The summed E-state index contributed by atoms with van der Waals surface area (Å²) in [6, 6.07) is 6.66. The van der Waals surface area contributed by atoms with Crippen LogP contribution in [0.4, 0.5) is 5.69 Å². The van der Waals surface area contributed by atoms with Gasteiger partial charge in [-0.25, -0.2) is 9.48 Å². The predicted molar refractivity (Wildman–Crippen MR) is 69.6 cm³/mol. The largest absolute Gasteiger partial charge is 0.476 e. The number of rotatable bonds is 3. The van der Waals surface area contributed by atoms with E-state index >= 15 is 0 Å². The van der Waals surface area contributed by atoms with Gasteiger partial charge in [-0.15, -0.1) is 0 Å². The third-order valence-electron chi connectivity index (χ3n) is 2.44. The van der Waals surface area contributed by atoms with E-state index in [9.17, 15) is 14.9 Å². The van der Waals surface area contributed by atoms with Crippen molar-refractivity contribution in [3.05, 3.63) is 50.2 Å². The molecule has 0 radical (unpaired) electrons. The smallest absolute Gasteiger partial charge is 0.363 e. The number of nitro groups is 1. The molecule has 0 amide bonds. The predicted octanol–water partition coefficient (Wildman–Crippen LogP) is 2.11. The quantitative estimate of drug-likeness (QED) is 0.676. The van der Waals surface area contributed by atoms with E-state index in [2.05, 4.69) is 21.0 Å². The lowest BCUT2D eigenvalue weighted by atomic mass is 10.2. The zero-order chi connectivity index (χ0) is 14.9. The highest BCUT2D eigenvalue weighted by Gasteiger charge is 2.26. The maximum absolute atomic E-state index is 10.9. The molecule has 9 heteroatoms. The molecule has 1 aromatic carbocycles. The Hall–Kier alpha value is -2.73. The molecule has 8 nitrogen and oxygen atoms in total. The molecule has 0 saturated heterocycles. The van der Waals surface area contributed by atoms with Gasteiger partial charge >= 0.3 is 11.7 Å². The lowest BCUT2D eigenvalue weighted by molar-refractivity contribution is -0.385. The molecule has 1 heterocycles. The number of aromatic carboxylic acids is 1. The van der Waals surface area contributed by atoms with Gasteiger partial charge in [0.15, 0.2) is 0 Å². The van der Waals surface area contributed by atoms with Crippen molar-refractivity contribution in [1.29, 1.82) is 5.26 Å². The number of nitrogens with zero attached hydrogens (tertiary/aromatic N) is 4. The average Bonchev–Trinajstić information content (AvgIpc) is 2.83. The van der Waals surface area contributed by atoms with E-state index in [1.165, 1.54) is 6.07 Å². The summed E-state index contributed by atoms with van der Waals surface area (Å²) in [6.07, 6.45) is 0.964. The second-order valence-electron chi connectivity index (χ2n) is 3.62. The Morgan fingerprint density at radius 3 is 2.75 bits per heavy atom. The third-order valence-corrected chi connectivity index (χ3v) is 3.11. The first-order valence-corrected chi connectivity index (χ1v) is 5.91. The Morgan fingerprint density at radius 2 is 2.25 bits per heavy atom. The first-order valence-electron chi connectivity index (χ1n) is 5.12. The van der Waals surface area contributed by atoms with Crippen LogP contribution in [0, 0.1) is 21.4 Å². The van der Waals surface area contributed by atoms with Crippen LogP contribution in [0.25, 0.3) is 5.69 Å². The molecule has 20 heavy (non-hydrogen) atoms. The molecule has 0 spiro atoms. The Morgan fingerprint density at radius 1 is 1.55 bits per heavy atom. The minimum absolute atomic E-state index is 0.196. The number of benzene rings is 1. The van der Waals surface area contributed by atoms with Crippen LogP contribution < -0.4 is 0 Å². The van der Waals surface area contributed by atoms with Crippen LogP contribution in [0.1, 0.15) is 16.1 Å². The fourth-order valence-electron chi connectivity index (χ4n) is 1.59. The molecule has 0 atom stereocenters. The molecule has 0 unspecified atom stereocenters. The van der Waals surface area contributed by atoms with Gasteiger partial charge < -0.3 is 5.11 Å². The standard InChI is InChI=1S/C11H5BrN4O4/c12-7-2-1-3-8(6(7)4-13)15-5-9(16(19)20)10(14-15)11(17)18/h1-3,5H,(H,17,18). The van der Waals surface area contributed by atoms with Crippen LogP contribution in [0.3, 0.4) is 0 Å². The molecule has 0 bridgehead atoms. The number of hydrogen-bond donors (Lipinski definition) is 1. The SMILES string of the molecule is N#Cc1c(Br)cccc1-n1cc([N+](=O)[O-])c(C(=O)O)n1. The fourth-order valence-corrected chi connectivity index (χ4v) is 2.03. The lowest BCUT2D eigenvalue weighted by Crippen LogP contribution is -2.03. The molecular formula is C11H5BrN4O4. The van der Waals surface area contributed by atoms with E-state index in [1.807, 2.05) is 6.07 Å². The minimum Gasteiger partial charge on any atom is -0.476 e. The third kappa shape index (κ3) is 2.24. The number of carbonyl (C=O) groups is 1. The summed E-state index contributed by atoms with van der Waals surface area (Å²) in [4.78, 5) is 20.9. The maximum Gasteiger partial charge on any atom is 0.363 e. The van der Waals surface area contributed by atoms with E-state index in [0.29, 0.717) is 4.47 Å².